The summed E-state index contributed by atoms with van der Waals surface area (Å²) in [6, 6.07) is 8.91. The van der Waals surface area contributed by atoms with Gasteiger partial charge < -0.3 is 20.1 Å². The third-order valence-electron chi connectivity index (χ3n) is 5.82. The van der Waals surface area contributed by atoms with Gasteiger partial charge in [-0.2, -0.15) is 0 Å². The van der Waals surface area contributed by atoms with Gasteiger partial charge in [0.1, 0.15) is 16.0 Å². The molecular formula is C24H24N2O4S2. The monoisotopic (exact) mass is 468 g/mol. The second-order valence-electron chi connectivity index (χ2n) is 8.11. The number of fused-ring (bicyclic) bond motifs is 3. The minimum atomic E-state index is -0.416. The number of esters is 1. The molecule has 2 aliphatic rings. The van der Waals surface area contributed by atoms with E-state index in [1.54, 1.807) is 23.5 Å². The van der Waals surface area contributed by atoms with E-state index in [-0.39, 0.29) is 12.1 Å². The number of amides is 1. The molecule has 1 aromatic carbocycles. The Labute approximate surface area is 194 Å². The maximum atomic E-state index is 13.0. The van der Waals surface area contributed by atoms with E-state index in [1.807, 2.05) is 30.5 Å². The van der Waals surface area contributed by atoms with Crippen molar-refractivity contribution < 1.29 is 19.1 Å². The van der Waals surface area contributed by atoms with Gasteiger partial charge in [-0.05, 0) is 66.8 Å². The number of carbonyl (C=O) groups is 2. The van der Waals surface area contributed by atoms with Crippen molar-refractivity contribution in [2.75, 3.05) is 11.9 Å². The van der Waals surface area contributed by atoms with Crippen LogP contribution in [-0.4, -0.2) is 18.5 Å². The molecule has 1 aliphatic carbocycles. The van der Waals surface area contributed by atoms with Crippen LogP contribution in [0.15, 0.2) is 35.7 Å². The zero-order chi connectivity index (χ0) is 22.2. The summed E-state index contributed by atoms with van der Waals surface area (Å²) < 4.78 is 11.3. The smallest absolute Gasteiger partial charge is 0.353 e. The molecule has 1 amide bonds. The molecule has 0 saturated carbocycles. The molecule has 2 atom stereocenters. The van der Waals surface area contributed by atoms with Crippen LogP contribution in [0, 0.1) is 5.92 Å². The van der Waals surface area contributed by atoms with E-state index < -0.39 is 5.97 Å². The molecule has 1 aliphatic heterocycles. The zero-order valence-corrected chi connectivity index (χ0v) is 19.5. The van der Waals surface area contributed by atoms with Gasteiger partial charge in [0, 0.05) is 4.88 Å². The van der Waals surface area contributed by atoms with Crippen molar-refractivity contribution in [3.63, 3.8) is 0 Å². The summed E-state index contributed by atoms with van der Waals surface area (Å²) in [4.78, 5) is 27.2. The number of benzene rings is 1. The largest absolute Gasteiger partial charge is 0.490 e. The lowest BCUT2D eigenvalue weighted by Crippen LogP contribution is -2.38. The van der Waals surface area contributed by atoms with Crippen molar-refractivity contribution in [3.05, 3.63) is 62.2 Å². The maximum absolute atomic E-state index is 13.0. The second kappa shape index (κ2) is 8.60. The van der Waals surface area contributed by atoms with Crippen LogP contribution < -0.4 is 20.1 Å². The Morgan fingerprint density at radius 1 is 1.22 bits per heavy atom. The van der Waals surface area contributed by atoms with Crippen molar-refractivity contribution in [1.29, 1.82) is 0 Å². The maximum Gasteiger partial charge on any atom is 0.353 e. The van der Waals surface area contributed by atoms with E-state index in [4.69, 9.17) is 9.47 Å². The number of hydrogen-bond donors (Lipinski definition) is 2. The van der Waals surface area contributed by atoms with Gasteiger partial charge in [0.05, 0.1) is 12.2 Å². The molecular weight excluding hydrogens is 444 g/mol. The van der Waals surface area contributed by atoms with Crippen LogP contribution >= 0.6 is 22.7 Å². The van der Waals surface area contributed by atoms with E-state index in [2.05, 4.69) is 17.6 Å². The first-order valence-electron chi connectivity index (χ1n) is 10.8. The Bertz CT molecular complexity index is 1170. The minimum Gasteiger partial charge on any atom is -0.490 e. The molecule has 2 aromatic heterocycles. The fourth-order valence-electron chi connectivity index (χ4n) is 4.23. The van der Waals surface area contributed by atoms with Crippen molar-refractivity contribution in [2.24, 2.45) is 5.92 Å². The second-order valence-corrected chi connectivity index (χ2v) is 10.2. The van der Waals surface area contributed by atoms with Gasteiger partial charge in [-0.3, -0.25) is 4.79 Å². The van der Waals surface area contributed by atoms with Crippen LogP contribution in [0.1, 0.15) is 62.5 Å². The van der Waals surface area contributed by atoms with E-state index >= 15 is 0 Å². The van der Waals surface area contributed by atoms with Crippen LogP contribution in [0.25, 0.3) is 0 Å². The Morgan fingerprint density at radius 3 is 2.88 bits per heavy atom. The van der Waals surface area contributed by atoms with Crippen molar-refractivity contribution >= 4 is 39.6 Å². The lowest BCUT2D eigenvalue weighted by molar-refractivity contribution is 0.0733. The molecule has 2 N–H and O–H groups in total. The average molecular weight is 469 g/mol. The normalized spacial score (nSPS) is 19.4. The Morgan fingerprint density at radius 2 is 2.09 bits per heavy atom. The van der Waals surface area contributed by atoms with Crippen LogP contribution in [0.4, 0.5) is 5.00 Å². The van der Waals surface area contributed by atoms with E-state index in [1.165, 1.54) is 21.8 Å². The zero-order valence-electron chi connectivity index (χ0n) is 17.9. The Kier molecular flexibility index (Phi) is 5.65. The van der Waals surface area contributed by atoms with Gasteiger partial charge in [0.15, 0.2) is 11.5 Å². The molecule has 3 heterocycles. The summed E-state index contributed by atoms with van der Waals surface area (Å²) >= 11 is 3.03. The fourth-order valence-corrected chi connectivity index (χ4v) is 6.27. The SMILES string of the molecule is CCOc1cc([C@@H]2NC(=O)c3c(sc4c3CC[C@@H](C)C4)N2)ccc1OC(=O)c1cccs1. The molecule has 0 radical (unpaired) electrons. The van der Waals surface area contributed by atoms with Gasteiger partial charge in [0.2, 0.25) is 0 Å². The van der Waals surface area contributed by atoms with Crippen LogP contribution in [-0.2, 0) is 12.8 Å². The first-order chi connectivity index (χ1) is 15.5. The predicted molar refractivity (Wildman–Crippen MR) is 126 cm³/mol. The molecule has 32 heavy (non-hydrogen) atoms. The van der Waals surface area contributed by atoms with Crippen LogP contribution in [0.2, 0.25) is 0 Å². The highest BCUT2D eigenvalue weighted by atomic mass is 32.1. The quantitative estimate of drug-likeness (QED) is 0.387. The topological polar surface area (TPSA) is 76.7 Å². The number of nitrogens with one attached hydrogen (secondary N) is 2. The van der Waals surface area contributed by atoms with Crippen LogP contribution in [0.3, 0.4) is 0 Å². The standard InChI is InChI=1S/C24H24N2O4S2/c1-3-29-17-12-14(7-9-16(17)30-24(28)18-5-4-10-31-18)21-25-22(27)20-15-8-6-13(2)11-19(15)32-23(20)26-21/h4-5,7,9-10,12-13,21,26H,3,6,8,11H2,1-2H3,(H,25,27)/t13-,21-/m1/s1. The van der Waals surface area contributed by atoms with Crippen molar-refractivity contribution in [2.45, 2.75) is 39.3 Å². The summed E-state index contributed by atoms with van der Waals surface area (Å²) in [7, 11) is 0. The first kappa shape index (κ1) is 21.0. The summed E-state index contributed by atoms with van der Waals surface area (Å²) in [5, 5.41) is 9.34. The van der Waals surface area contributed by atoms with Gasteiger partial charge in [-0.15, -0.1) is 22.7 Å². The molecule has 5 rings (SSSR count). The Balaban J connectivity index is 1.41. The highest BCUT2D eigenvalue weighted by Gasteiger charge is 2.33. The van der Waals surface area contributed by atoms with Gasteiger partial charge in [0.25, 0.3) is 5.91 Å². The molecule has 0 unspecified atom stereocenters. The van der Waals surface area contributed by atoms with E-state index in [9.17, 15) is 9.59 Å². The lowest BCUT2D eigenvalue weighted by Gasteiger charge is -2.27. The summed E-state index contributed by atoms with van der Waals surface area (Å²) in [5.74, 6) is 1.02. The van der Waals surface area contributed by atoms with Gasteiger partial charge >= 0.3 is 5.97 Å². The fraction of sp³-hybridized carbons (Fsp3) is 0.333. The molecule has 0 spiro atoms. The first-order valence-corrected chi connectivity index (χ1v) is 12.5. The van der Waals surface area contributed by atoms with Crippen molar-refractivity contribution in [1.82, 2.24) is 5.32 Å². The molecule has 3 aromatic rings. The minimum absolute atomic E-state index is 0.0398. The number of ether oxygens (including phenoxy) is 2. The number of hydrogen-bond acceptors (Lipinski definition) is 7. The van der Waals surface area contributed by atoms with E-state index in [0.717, 1.165) is 35.4 Å². The number of thiophene rings is 2. The molecule has 6 nitrogen and oxygen atoms in total. The third-order valence-corrected chi connectivity index (χ3v) is 7.85. The molecule has 0 saturated heterocycles. The molecule has 0 fully saturated rings. The van der Waals surface area contributed by atoms with Gasteiger partial charge in [-0.1, -0.05) is 19.1 Å². The Hall–Kier alpha value is -2.84. The highest BCUT2D eigenvalue weighted by Crippen LogP contribution is 2.43. The summed E-state index contributed by atoms with van der Waals surface area (Å²) in [6.45, 7) is 4.57. The highest BCUT2D eigenvalue weighted by molar-refractivity contribution is 7.16. The summed E-state index contributed by atoms with van der Waals surface area (Å²) in [5.41, 5.74) is 2.85. The third kappa shape index (κ3) is 3.89. The molecule has 0 bridgehead atoms. The predicted octanol–water partition coefficient (Wildman–Crippen LogP) is 5.41. The number of rotatable bonds is 5. The van der Waals surface area contributed by atoms with E-state index in [0.29, 0.717) is 28.9 Å². The summed E-state index contributed by atoms with van der Waals surface area (Å²) in [6.07, 6.45) is 2.73. The lowest BCUT2D eigenvalue weighted by atomic mass is 9.88. The van der Waals surface area contributed by atoms with Crippen molar-refractivity contribution in [3.8, 4) is 11.5 Å². The molecule has 8 heteroatoms. The van der Waals surface area contributed by atoms with Crippen LogP contribution in [0.5, 0.6) is 11.5 Å². The van der Waals surface area contributed by atoms with Gasteiger partial charge in [-0.25, -0.2) is 4.79 Å². The average Bonchev–Trinajstić information content (AvgIpc) is 3.42. The number of carbonyl (C=O) groups excluding carboxylic acids is 2. The number of anilines is 1. The molecule has 166 valence electrons.